The number of likely N-dealkylation sites (N-methyl/N-ethyl adjacent to an activating group) is 1. The van der Waals surface area contributed by atoms with Gasteiger partial charge >= 0.3 is 0 Å². The fraction of sp³-hybridized carbons (Fsp3) is 0.556. The summed E-state index contributed by atoms with van der Waals surface area (Å²) in [5.74, 6) is -1.42. The summed E-state index contributed by atoms with van der Waals surface area (Å²) in [5, 5.41) is -0.846. The van der Waals surface area contributed by atoms with Crippen molar-refractivity contribution in [2.45, 2.75) is 24.0 Å². The number of piperazine rings is 1. The van der Waals surface area contributed by atoms with Crippen molar-refractivity contribution in [1.82, 2.24) is 14.7 Å². The summed E-state index contributed by atoms with van der Waals surface area (Å²) in [6.07, 6.45) is 0.210. The maximum atomic E-state index is 14.2. The van der Waals surface area contributed by atoms with Gasteiger partial charge in [-0.1, -0.05) is 6.07 Å². The lowest BCUT2D eigenvalue weighted by molar-refractivity contribution is -0.134. The average molecular weight is 383 g/mol. The third-order valence-corrected chi connectivity index (χ3v) is 6.27. The molecule has 0 bridgehead atoms. The molecular formula is C18H23F2N3O2S. The maximum Gasteiger partial charge on any atom is 0.236 e. The molecule has 0 saturated carbocycles. The SMILES string of the molecule is C[C@H]1S[C@H](c2ccc(F)cc2F)N(CCC(=O)N2CCN(C)CC2)C1=O. The molecule has 2 atom stereocenters. The second-order valence-corrected chi connectivity index (χ2v) is 8.19. The first-order chi connectivity index (χ1) is 12.4. The highest BCUT2D eigenvalue weighted by Crippen LogP contribution is 2.43. The monoisotopic (exact) mass is 383 g/mol. The molecule has 8 heteroatoms. The number of halogens is 2. The van der Waals surface area contributed by atoms with E-state index in [9.17, 15) is 18.4 Å². The van der Waals surface area contributed by atoms with Gasteiger partial charge in [0, 0.05) is 50.8 Å². The zero-order valence-corrected chi connectivity index (χ0v) is 15.8. The Kier molecular flexibility index (Phi) is 5.82. The highest BCUT2D eigenvalue weighted by Gasteiger charge is 2.39. The number of thioether (sulfide) groups is 1. The van der Waals surface area contributed by atoms with Crippen molar-refractivity contribution in [3.63, 3.8) is 0 Å². The highest BCUT2D eigenvalue weighted by atomic mass is 32.2. The van der Waals surface area contributed by atoms with Crippen molar-refractivity contribution >= 4 is 23.6 Å². The largest absolute Gasteiger partial charge is 0.340 e. The van der Waals surface area contributed by atoms with E-state index in [-0.39, 0.29) is 35.6 Å². The van der Waals surface area contributed by atoms with E-state index in [1.807, 2.05) is 11.9 Å². The number of hydrogen-bond acceptors (Lipinski definition) is 4. The summed E-state index contributed by atoms with van der Waals surface area (Å²) in [6.45, 7) is 5.05. The van der Waals surface area contributed by atoms with Gasteiger partial charge in [-0.05, 0) is 20.0 Å². The van der Waals surface area contributed by atoms with Crippen LogP contribution >= 0.6 is 11.8 Å². The van der Waals surface area contributed by atoms with Crippen LogP contribution in [-0.2, 0) is 9.59 Å². The van der Waals surface area contributed by atoms with E-state index >= 15 is 0 Å². The van der Waals surface area contributed by atoms with Gasteiger partial charge in [0.25, 0.3) is 0 Å². The van der Waals surface area contributed by atoms with E-state index in [4.69, 9.17) is 0 Å². The number of carbonyl (C=O) groups is 2. The van der Waals surface area contributed by atoms with E-state index in [2.05, 4.69) is 4.90 Å². The first kappa shape index (κ1) is 19.1. The number of nitrogens with zero attached hydrogens (tertiary/aromatic N) is 3. The van der Waals surface area contributed by atoms with Crippen LogP contribution in [-0.4, -0.2) is 71.5 Å². The van der Waals surface area contributed by atoms with Gasteiger partial charge in [-0.15, -0.1) is 11.8 Å². The second kappa shape index (κ2) is 7.92. The molecule has 5 nitrogen and oxygen atoms in total. The number of amides is 2. The molecule has 1 aromatic rings. The Morgan fingerprint density at radius 3 is 2.58 bits per heavy atom. The molecular weight excluding hydrogens is 360 g/mol. The van der Waals surface area contributed by atoms with Crippen molar-refractivity contribution in [1.29, 1.82) is 0 Å². The molecule has 1 aromatic carbocycles. The fourth-order valence-electron chi connectivity index (χ4n) is 3.27. The van der Waals surface area contributed by atoms with Gasteiger partial charge in [0.05, 0.1) is 5.25 Å². The number of carbonyl (C=O) groups excluding carboxylic acids is 2. The number of benzene rings is 1. The van der Waals surface area contributed by atoms with Crippen LogP contribution in [0, 0.1) is 11.6 Å². The van der Waals surface area contributed by atoms with Gasteiger partial charge in [0.15, 0.2) is 0 Å². The van der Waals surface area contributed by atoms with E-state index in [0.29, 0.717) is 13.1 Å². The van der Waals surface area contributed by atoms with Gasteiger partial charge in [-0.2, -0.15) is 0 Å². The standard InChI is InChI=1S/C18H23F2N3O2S/c1-12-17(25)23(6-5-16(24)22-9-7-21(2)8-10-22)18(26-12)14-4-3-13(19)11-15(14)20/h3-4,11-12,18H,5-10H2,1-2H3/t12-,18-/m1/s1. The Hall–Kier alpha value is -1.67. The predicted octanol–water partition coefficient (Wildman–Crippen LogP) is 2.09. The minimum atomic E-state index is -0.667. The Morgan fingerprint density at radius 2 is 1.92 bits per heavy atom. The minimum absolute atomic E-state index is 0.00813. The van der Waals surface area contributed by atoms with Crippen LogP contribution < -0.4 is 0 Å². The lowest BCUT2D eigenvalue weighted by atomic mass is 10.1. The van der Waals surface area contributed by atoms with Crippen LogP contribution in [0.5, 0.6) is 0 Å². The molecule has 2 fully saturated rings. The van der Waals surface area contributed by atoms with E-state index < -0.39 is 17.0 Å². The van der Waals surface area contributed by atoms with Crippen molar-refractivity contribution < 1.29 is 18.4 Å². The molecule has 2 saturated heterocycles. The van der Waals surface area contributed by atoms with Crippen molar-refractivity contribution in [2.24, 2.45) is 0 Å². The zero-order valence-electron chi connectivity index (χ0n) is 15.0. The van der Waals surface area contributed by atoms with Crippen LogP contribution in [0.3, 0.4) is 0 Å². The van der Waals surface area contributed by atoms with Crippen LogP contribution in [0.25, 0.3) is 0 Å². The first-order valence-corrected chi connectivity index (χ1v) is 9.68. The van der Waals surface area contributed by atoms with E-state index in [1.54, 1.807) is 11.8 Å². The Morgan fingerprint density at radius 1 is 1.23 bits per heavy atom. The van der Waals surface area contributed by atoms with Gasteiger partial charge in [-0.3, -0.25) is 9.59 Å². The zero-order chi connectivity index (χ0) is 18.8. The van der Waals surface area contributed by atoms with Crippen LogP contribution in [0.4, 0.5) is 8.78 Å². The molecule has 0 aromatic heterocycles. The quantitative estimate of drug-likeness (QED) is 0.799. The van der Waals surface area contributed by atoms with Crippen molar-refractivity contribution in [3.8, 4) is 0 Å². The van der Waals surface area contributed by atoms with Gasteiger partial charge < -0.3 is 14.7 Å². The normalized spacial score (nSPS) is 24.4. The molecule has 0 aliphatic carbocycles. The topological polar surface area (TPSA) is 43.9 Å². The smallest absolute Gasteiger partial charge is 0.236 e. The fourth-order valence-corrected chi connectivity index (χ4v) is 4.61. The van der Waals surface area contributed by atoms with E-state index in [1.165, 1.54) is 23.9 Å². The molecule has 0 spiro atoms. The van der Waals surface area contributed by atoms with Gasteiger partial charge in [0.1, 0.15) is 17.0 Å². The maximum absolute atomic E-state index is 14.2. The van der Waals surface area contributed by atoms with Crippen LogP contribution in [0.15, 0.2) is 18.2 Å². The van der Waals surface area contributed by atoms with Gasteiger partial charge in [-0.25, -0.2) is 8.78 Å². The summed E-state index contributed by atoms with van der Waals surface area (Å²) < 4.78 is 27.4. The molecule has 2 aliphatic heterocycles. The minimum Gasteiger partial charge on any atom is -0.340 e. The molecule has 0 N–H and O–H groups in total. The summed E-state index contributed by atoms with van der Waals surface area (Å²) in [6, 6.07) is 3.40. The molecule has 2 heterocycles. The van der Waals surface area contributed by atoms with E-state index in [0.717, 1.165) is 19.2 Å². The molecule has 3 rings (SSSR count). The van der Waals surface area contributed by atoms with Gasteiger partial charge in [0.2, 0.25) is 11.8 Å². The second-order valence-electron chi connectivity index (χ2n) is 6.76. The average Bonchev–Trinajstić information content (AvgIpc) is 2.88. The highest BCUT2D eigenvalue weighted by molar-refractivity contribution is 8.01. The van der Waals surface area contributed by atoms with Crippen LogP contribution in [0.1, 0.15) is 24.3 Å². The summed E-state index contributed by atoms with van der Waals surface area (Å²) in [4.78, 5) is 30.4. The molecule has 26 heavy (non-hydrogen) atoms. The van der Waals surface area contributed by atoms with Crippen molar-refractivity contribution in [3.05, 3.63) is 35.4 Å². The number of rotatable bonds is 4. The molecule has 0 unspecified atom stereocenters. The lowest BCUT2D eigenvalue weighted by Crippen LogP contribution is -2.47. The molecule has 0 radical (unpaired) electrons. The third-order valence-electron chi connectivity index (χ3n) is 4.90. The molecule has 142 valence electrons. The lowest BCUT2D eigenvalue weighted by Gasteiger charge is -2.33. The van der Waals surface area contributed by atoms with Crippen LogP contribution in [0.2, 0.25) is 0 Å². The Labute approximate surface area is 156 Å². The first-order valence-electron chi connectivity index (χ1n) is 8.74. The summed E-state index contributed by atoms with van der Waals surface area (Å²) in [5.41, 5.74) is 0.279. The molecule has 2 aliphatic rings. The summed E-state index contributed by atoms with van der Waals surface area (Å²) >= 11 is 1.32. The summed E-state index contributed by atoms with van der Waals surface area (Å²) in [7, 11) is 2.02. The number of hydrogen-bond donors (Lipinski definition) is 0. The van der Waals surface area contributed by atoms with Crippen molar-refractivity contribution in [2.75, 3.05) is 39.8 Å². The Bertz CT molecular complexity index is 695. The third kappa shape index (κ3) is 4.01. The Balaban J connectivity index is 1.68. The molecule has 2 amide bonds. The predicted molar refractivity (Wildman–Crippen MR) is 96.6 cm³/mol.